The summed E-state index contributed by atoms with van der Waals surface area (Å²) in [7, 11) is 0. The average molecular weight is 298 g/mol. The molecule has 1 aliphatic heterocycles. The molecule has 0 radical (unpaired) electrons. The van der Waals surface area contributed by atoms with Crippen molar-refractivity contribution in [3.63, 3.8) is 0 Å². The molecule has 0 bridgehead atoms. The Kier molecular flexibility index (Phi) is 4.65. The van der Waals surface area contributed by atoms with E-state index in [1.807, 2.05) is 33.1 Å². The Morgan fingerprint density at radius 3 is 2.90 bits per heavy atom. The highest BCUT2D eigenvalue weighted by atomic mass is 32.1. The molecule has 1 fully saturated rings. The maximum absolute atomic E-state index is 12.0. The van der Waals surface area contributed by atoms with Crippen LogP contribution in [-0.4, -0.2) is 40.8 Å². The molecule has 2 rings (SSSR count). The number of nitrogens with zero attached hydrogens (tertiary/aromatic N) is 2. The van der Waals surface area contributed by atoms with E-state index in [0.29, 0.717) is 13.1 Å². The van der Waals surface area contributed by atoms with E-state index in [9.17, 15) is 4.79 Å². The van der Waals surface area contributed by atoms with Gasteiger partial charge in [0.25, 0.3) is 0 Å². The topological polar surface area (TPSA) is 51.7 Å². The first kappa shape index (κ1) is 15.3. The van der Waals surface area contributed by atoms with E-state index in [-0.39, 0.29) is 18.3 Å². The van der Waals surface area contributed by atoms with Crippen molar-refractivity contribution < 1.29 is 14.3 Å². The van der Waals surface area contributed by atoms with Gasteiger partial charge in [0.1, 0.15) is 16.7 Å². The lowest BCUT2D eigenvalue weighted by Gasteiger charge is -2.24. The molecular weight excluding hydrogens is 276 g/mol. The summed E-state index contributed by atoms with van der Waals surface area (Å²) in [6, 6.07) is 0. The standard InChI is InChI=1S/C14H22N2O3S/c1-10(12-15-6-8-20-12)18-11-5-7-16(9-11)13(17)19-14(2,3)4/h6,8,10-11H,5,7,9H2,1-4H3/t10-,11+/m0/s1. The van der Waals surface area contributed by atoms with Crippen LogP contribution in [0.4, 0.5) is 4.79 Å². The van der Waals surface area contributed by atoms with E-state index >= 15 is 0 Å². The molecule has 0 N–H and O–H groups in total. The van der Waals surface area contributed by atoms with Crippen LogP contribution in [0.5, 0.6) is 0 Å². The van der Waals surface area contributed by atoms with Crippen molar-refractivity contribution in [2.75, 3.05) is 13.1 Å². The van der Waals surface area contributed by atoms with Gasteiger partial charge in [0.2, 0.25) is 0 Å². The third-order valence-electron chi connectivity index (χ3n) is 2.99. The summed E-state index contributed by atoms with van der Waals surface area (Å²) in [6.45, 7) is 8.89. The van der Waals surface area contributed by atoms with Crippen molar-refractivity contribution in [3.05, 3.63) is 16.6 Å². The fourth-order valence-corrected chi connectivity index (χ4v) is 2.74. The molecule has 0 aliphatic carbocycles. The minimum atomic E-state index is -0.454. The van der Waals surface area contributed by atoms with Gasteiger partial charge in [-0.1, -0.05) is 0 Å². The number of hydrogen-bond acceptors (Lipinski definition) is 5. The van der Waals surface area contributed by atoms with Gasteiger partial charge in [-0.3, -0.25) is 0 Å². The lowest BCUT2D eigenvalue weighted by Crippen LogP contribution is -2.36. The predicted molar refractivity (Wildman–Crippen MR) is 77.8 cm³/mol. The van der Waals surface area contributed by atoms with Gasteiger partial charge in [-0.2, -0.15) is 0 Å². The molecule has 1 aromatic rings. The van der Waals surface area contributed by atoms with Gasteiger partial charge in [-0.05, 0) is 34.1 Å². The number of likely N-dealkylation sites (tertiary alicyclic amines) is 1. The van der Waals surface area contributed by atoms with Gasteiger partial charge < -0.3 is 14.4 Å². The van der Waals surface area contributed by atoms with Crippen LogP contribution in [0.25, 0.3) is 0 Å². The summed E-state index contributed by atoms with van der Waals surface area (Å²) >= 11 is 1.59. The predicted octanol–water partition coefficient (Wildman–Crippen LogP) is 3.23. The lowest BCUT2D eigenvalue weighted by molar-refractivity contribution is -0.00399. The number of ether oxygens (including phenoxy) is 2. The molecule has 1 saturated heterocycles. The third kappa shape index (κ3) is 4.18. The first-order chi connectivity index (χ1) is 9.35. The third-order valence-corrected chi connectivity index (χ3v) is 3.93. The van der Waals surface area contributed by atoms with Crippen LogP contribution in [0.15, 0.2) is 11.6 Å². The number of carbonyl (C=O) groups excluding carboxylic acids is 1. The summed E-state index contributed by atoms with van der Waals surface area (Å²) in [4.78, 5) is 17.9. The number of amides is 1. The SMILES string of the molecule is C[C@H](O[C@@H]1CCN(C(=O)OC(C)(C)C)C1)c1nccs1. The van der Waals surface area contributed by atoms with Crippen LogP contribution < -0.4 is 0 Å². The molecule has 0 saturated carbocycles. The zero-order valence-electron chi connectivity index (χ0n) is 12.5. The maximum atomic E-state index is 12.0. The van der Waals surface area contributed by atoms with E-state index in [2.05, 4.69) is 4.98 Å². The molecule has 1 aliphatic rings. The van der Waals surface area contributed by atoms with Crippen molar-refractivity contribution in [1.82, 2.24) is 9.88 Å². The molecule has 112 valence electrons. The van der Waals surface area contributed by atoms with Crippen LogP contribution in [-0.2, 0) is 9.47 Å². The summed E-state index contributed by atoms with van der Waals surface area (Å²) in [6.07, 6.45) is 2.39. The Morgan fingerprint density at radius 2 is 2.30 bits per heavy atom. The van der Waals surface area contributed by atoms with E-state index < -0.39 is 5.60 Å². The summed E-state index contributed by atoms with van der Waals surface area (Å²) in [5, 5.41) is 2.91. The van der Waals surface area contributed by atoms with Crippen LogP contribution >= 0.6 is 11.3 Å². The number of aromatic nitrogens is 1. The summed E-state index contributed by atoms with van der Waals surface area (Å²) in [5.41, 5.74) is -0.454. The van der Waals surface area contributed by atoms with Gasteiger partial charge in [0, 0.05) is 18.1 Å². The minimum absolute atomic E-state index is 0.0291. The van der Waals surface area contributed by atoms with E-state index in [4.69, 9.17) is 9.47 Å². The zero-order chi connectivity index (χ0) is 14.8. The first-order valence-electron chi connectivity index (χ1n) is 6.88. The molecular formula is C14H22N2O3S. The number of rotatable bonds is 3. The van der Waals surface area contributed by atoms with E-state index in [1.54, 1.807) is 22.4 Å². The summed E-state index contributed by atoms with van der Waals surface area (Å²) in [5.74, 6) is 0. The van der Waals surface area contributed by atoms with Crippen molar-refractivity contribution in [1.29, 1.82) is 0 Å². The molecule has 0 aromatic carbocycles. The van der Waals surface area contributed by atoms with E-state index in [0.717, 1.165) is 11.4 Å². The quantitative estimate of drug-likeness (QED) is 0.859. The second-order valence-electron chi connectivity index (χ2n) is 5.99. The fraction of sp³-hybridized carbons (Fsp3) is 0.714. The Labute approximate surface area is 123 Å². The molecule has 1 amide bonds. The van der Waals surface area contributed by atoms with Gasteiger partial charge >= 0.3 is 6.09 Å². The second kappa shape index (κ2) is 6.10. The maximum Gasteiger partial charge on any atom is 0.410 e. The van der Waals surface area contributed by atoms with Crippen LogP contribution in [0.3, 0.4) is 0 Å². The molecule has 5 nitrogen and oxygen atoms in total. The van der Waals surface area contributed by atoms with Gasteiger partial charge in [-0.15, -0.1) is 11.3 Å². The smallest absolute Gasteiger partial charge is 0.410 e. The highest BCUT2D eigenvalue weighted by Crippen LogP contribution is 2.25. The Bertz CT molecular complexity index is 442. The summed E-state index contributed by atoms with van der Waals surface area (Å²) < 4.78 is 11.3. The lowest BCUT2D eigenvalue weighted by atomic mass is 10.2. The van der Waals surface area contributed by atoms with Crippen LogP contribution in [0, 0.1) is 0 Å². The average Bonchev–Trinajstić information content (AvgIpc) is 2.97. The Morgan fingerprint density at radius 1 is 1.55 bits per heavy atom. The Balaban J connectivity index is 1.82. The monoisotopic (exact) mass is 298 g/mol. The Hall–Kier alpha value is -1.14. The van der Waals surface area contributed by atoms with Crippen molar-refractivity contribution >= 4 is 17.4 Å². The molecule has 2 atom stereocenters. The molecule has 2 heterocycles. The van der Waals surface area contributed by atoms with Crippen molar-refractivity contribution in [3.8, 4) is 0 Å². The number of hydrogen-bond donors (Lipinski definition) is 0. The molecule has 1 aromatic heterocycles. The van der Waals surface area contributed by atoms with Crippen LogP contribution in [0.1, 0.15) is 45.2 Å². The van der Waals surface area contributed by atoms with Gasteiger partial charge in [0.15, 0.2) is 0 Å². The van der Waals surface area contributed by atoms with Gasteiger partial charge in [0.05, 0.1) is 12.6 Å². The van der Waals surface area contributed by atoms with E-state index in [1.165, 1.54) is 0 Å². The molecule has 6 heteroatoms. The normalized spacial score (nSPS) is 21.0. The largest absolute Gasteiger partial charge is 0.444 e. The highest BCUT2D eigenvalue weighted by Gasteiger charge is 2.31. The van der Waals surface area contributed by atoms with Crippen molar-refractivity contribution in [2.24, 2.45) is 0 Å². The first-order valence-corrected chi connectivity index (χ1v) is 7.76. The second-order valence-corrected chi connectivity index (χ2v) is 6.91. The number of thiazole rings is 1. The highest BCUT2D eigenvalue weighted by molar-refractivity contribution is 7.09. The van der Waals surface area contributed by atoms with Crippen molar-refractivity contribution in [2.45, 2.75) is 51.9 Å². The fourth-order valence-electron chi connectivity index (χ4n) is 2.11. The molecule has 0 unspecified atom stereocenters. The van der Waals surface area contributed by atoms with Gasteiger partial charge in [-0.25, -0.2) is 9.78 Å². The molecule has 0 spiro atoms. The molecule has 20 heavy (non-hydrogen) atoms. The number of carbonyl (C=O) groups is 1. The zero-order valence-corrected chi connectivity index (χ0v) is 13.3. The van der Waals surface area contributed by atoms with Crippen LogP contribution in [0.2, 0.25) is 0 Å². The minimum Gasteiger partial charge on any atom is -0.444 e.